The van der Waals surface area contributed by atoms with Crippen LogP contribution in [0.15, 0.2) is 54.1 Å². The Morgan fingerprint density at radius 1 is 0.938 bits per heavy atom. The highest BCUT2D eigenvalue weighted by atomic mass is 16.5. The van der Waals surface area contributed by atoms with Crippen molar-refractivity contribution in [1.82, 2.24) is 15.0 Å². The quantitative estimate of drug-likeness (QED) is 0.518. The molecule has 0 aliphatic heterocycles. The van der Waals surface area contributed by atoms with Crippen molar-refractivity contribution in [3.05, 3.63) is 71.1 Å². The second kappa shape index (κ2) is 8.95. The van der Waals surface area contributed by atoms with Gasteiger partial charge >= 0.3 is 0 Å². The number of aromatic nitrogens is 3. The average Bonchev–Trinajstić information content (AvgIpc) is 2.74. The van der Waals surface area contributed by atoms with Crippen LogP contribution in [0.2, 0.25) is 0 Å². The Labute approximate surface area is 189 Å². The number of phenolic OH excluding ortho intramolecular Hbond substituents is 1. The molecule has 3 aromatic rings. The average molecular weight is 428 g/mol. The van der Waals surface area contributed by atoms with Gasteiger partial charge in [0.1, 0.15) is 11.5 Å². The van der Waals surface area contributed by atoms with E-state index in [9.17, 15) is 5.11 Å². The Morgan fingerprint density at radius 3 is 2.28 bits per heavy atom. The summed E-state index contributed by atoms with van der Waals surface area (Å²) in [5, 5.41) is 10.7. The molecule has 5 nitrogen and oxygen atoms in total. The van der Waals surface area contributed by atoms with Crippen molar-refractivity contribution in [2.24, 2.45) is 5.92 Å². The van der Waals surface area contributed by atoms with Crippen LogP contribution in [0.4, 0.5) is 0 Å². The summed E-state index contributed by atoms with van der Waals surface area (Å²) in [5.74, 6) is 2.85. The number of aromatic hydroxyl groups is 1. The minimum Gasteiger partial charge on any atom is -0.507 e. The van der Waals surface area contributed by atoms with Crippen molar-refractivity contribution in [1.29, 1.82) is 0 Å². The molecule has 1 aliphatic rings. The van der Waals surface area contributed by atoms with Crippen LogP contribution >= 0.6 is 0 Å². The van der Waals surface area contributed by atoms with E-state index < -0.39 is 0 Å². The molecule has 164 valence electrons. The number of aryl methyl sites for hydroxylation is 2. The number of ether oxygens (including phenoxy) is 1. The molecular formula is C27H29N3O2. The maximum Gasteiger partial charge on any atom is 0.167 e. The monoisotopic (exact) mass is 427 g/mol. The largest absolute Gasteiger partial charge is 0.507 e. The van der Waals surface area contributed by atoms with Gasteiger partial charge in [0.05, 0.1) is 12.2 Å². The summed E-state index contributed by atoms with van der Waals surface area (Å²) in [5.41, 5.74) is 5.97. The van der Waals surface area contributed by atoms with Gasteiger partial charge in [-0.25, -0.2) is 15.0 Å². The molecule has 1 heterocycles. The van der Waals surface area contributed by atoms with Crippen molar-refractivity contribution >= 4 is 5.57 Å². The van der Waals surface area contributed by atoms with Crippen LogP contribution < -0.4 is 4.74 Å². The molecule has 1 N–H and O–H groups in total. The highest BCUT2D eigenvalue weighted by Crippen LogP contribution is 2.34. The van der Waals surface area contributed by atoms with Gasteiger partial charge in [0.2, 0.25) is 0 Å². The Hall–Kier alpha value is -3.47. The van der Waals surface area contributed by atoms with E-state index in [1.165, 1.54) is 5.56 Å². The normalized spacial score (nSPS) is 15.8. The van der Waals surface area contributed by atoms with Gasteiger partial charge in [-0.2, -0.15) is 0 Å². The summed E-state index contributed by atoms with van der Waals surface area (Å²) in [4.78, 5) is 14.4. The minimum absolute atomic E-state index is 0.0817. The number of hydrogen-bond donors (Lipinski definition) is 1. The van der Waals surface area contributed by atoms with Crippen molar-refractivity contribution in [2.75, 3.05) is 6.61 Å². The fraction of sp³-hybridized carbons (Fsp3) is 0.296. The first-order valence-electron chi connectivity index (χ1n) is 11.0. The molecule has 5 heteroatoms. The van der Waals surface area contributed by atoms with Gasteiger partial charge in [0, 0.05) is 17.2 Å². The highest BCUT2D eigenvalue weighted by molar-refractivity contribution is 5.78. The first kappa shape index (κ1) is 21.8. The van der Waals surface area contributed by atoms with Crippen molar-refractivity contribution in [3.8, 4) is 34.3 Å². The van der Waals surface area contributed by atoms with Crippen LogP contribution in [0.1, 0.15) is 44.1 Å². The lowest BCUT2D eigenvalue weighted by molar-refractivity contribution is 0.338. The van der Waals surface area contributed by atoms with E-state index in [0.29, 0.717) is 41.3 Å². The van der Waals surface area contributed by atoms with Gasteiger partial charge in [0.15, 0.2) is 17.5 Å². The molecule has 4 rings (SSSR count). The van der Waals surface area contributed by atoms with Crippen LogP contribution in [0.5, 0.6) is 11.5 Å². The highest BCUT2D eigenvalue weighted by Gasteiger charge is 2.19. The molecule has 0 spiro atoms. The van der Waals surface area contributed by atoms with Gasteiger partial charge < -0.3 is 9.84 Å². The van der Waals surface area contributed by atoms with Crippen molar-refractivity contribution in [2.45, 2.75) is 41.0 Å². The van der Waals surface area contributed by atoms with E-state index in [0.717, 1.165) is 28.7 Å². The molecule has 0 fully saturated rings. The second-order valence-corrected chi connectivity index (χ2v) is 8.42. The molecule has 0 bridgehead atoms. The van der Waals surface area contributed by atoms with Crippen molar-refractivity contribution in [3.63, 3.8) is 0 Å². The number of nitrogens with zero attached hydrogens (tertiary/aromatic N) is 3. The molecule has 0 saturated heterocycles. The molecule has 32 heavy (non-hydrogen) atoms. The fourth-order valence-electron chi connectivity index (χ4n) is 4.08. The number of benzene rings is 2. The van der Waals surface area contributed by atoms with Crippen LogP contribution in [0.25, 0.3) is 28.3 Å². The van der Waals surface area contributed by atoms with Crippen molar-refractivity contribution < 1.29 is 9.84 Å². The zero-order valence-electron chi connectivity index (χ0n) is 19.3. The predicted octanol–water partition coefficient (Wildman–Crippen LogP) is 6.30. The van der Waals surface area contributed by atoms with Crippen LogP contribution in [-0.2, 0) is 0 Å². The molecule has 0 radical (unpaired) electrons. The lowest BCUT2D eigenvalue weighted by Crippen LogP contribution is -2.07. The van der Waals surface area contributed by atoms with Crippen LogP contribution in [0.3, 0.4) is 0 Å². The Kier molecular flexibility index (Phi) is 6.08. The van der Waals surface area contributed by atoms with E-state index in [1.54, 1.807) is 12.1 Å². The SMILES string of the molecule is CCOc1ccc(-c2nc(C3=CCC(C)C=C3C)nc(-c3ccc(C)cc3C)n2)c(O)c1. The molecule has 1 unspecified atom stereocenters. The minimum atomic E-state index is 0.0817. The lowest BCUT2D eigenvalue weighted by Gasteiger charge is -2.17. The molecular weight excluding hydrogens is 398 g/mol. The van der Waals surface area contributed by atoms with E-state index in [2.05, 4.69) is 52.0 Å². The number of phenols is 1. The zero-order valence-corrected chi connectivity index (χ0v) is 19.3. The summed E-state index contributed by atoms with van der Waals surface area (Å²) in [7, 11) is 0. The maximum atomic E-state index is 10.7. The standard InChI is InChI=1S/C27H29N3O2/c1-6-32-20-9-12-23(24(31)15-20)27-29-25(21-10-7-16(2)13-18(21)4)28-26(30-27)22-11-8-17(3)14-19(22)5/h7,9-15,17,31H,6,8H2,1-5H3. The summed E-state index contributed by atoms with van der Waals surface area (Å²) < 4.78 is 5.51. The van der Waals surface area contributed by atoms with Gasteiger partial charge in [-0.1, -0.05) is 42.8 Å². The third-order valence-corrected chi connectivity index (χ3v) is 5.67. The Bertz CT molecular complexity index is 1230. The molecule has 1 atom stereocenters. The summed E-state index contributed by atoms with van der Waals surface area (Å²) in [6.07, 6.45) is 5.40. The van der Waals surface area contributed by atoms with E-state index in [-0.39, 0.29) is 5.75 Å². The van der Waals surface area contributed by atoms with Crippen LogP contribution in [0, 0.1) is 19.8 Å². The summed E-state index contributed by atoms with van der Waals surface area (Å²) in [6.45, 7) is 10.9. The molecule has 1 aliphatic carbocycles. The third kappa shape index (κ3) is 4.42. The van der Waals surface area contributed by atoms with Gasteiger partial charge in [0.25, 0.3) is 0 Å². The molecule has 1 aromatic heterocycles. The zero-order chi connectivity index (χ0) is 22.8. The summed E-state index contributed by atoms with van der Waals surface area (Å²) >= 11 is 0. The van der Waals surface area contributed by atoms with E-state index in [4.69, 9.17) is 19.7 Å². The van der Waals surface area contributed by atoms with Crippen LogP contribution in [-0.4, -0.2) is 26.7 Å². The Balaban J connectivity index is 1.89. The molecule has 0 amide bonds. The van der Waals surface area contributed by atoms with Gasteiger partial charge in [-0.15, -0.1) is 0 Å². The van der Waals surface area contributed by atoms with Gasteiger partial charge in [-0.3, -0.25) is 0 Å². The fourth-order valence-corrected chi connectivity index (χ4v) is 4.08. The lowest BCUT2D eigenvalue weighted by atomic mass is 9.92. The second-order valence-electron chi connectivity index (χ2n) is 8.42. The number of rotatable bonds is 5. The van der Waals surface area contributed by atoms with E-state index >= 15 is 0 Å². The smallest absolute Gasteiger partial charge is 0.167 e. The first-order valence-corrected chi connectivity index (χ1v) is 11.0. The molecule has 0 saturated carbocycles. The predicted molar refractivity (Wildman–Crippen MR) is 129 cm³/mol. The van der Waals surface area contributed by atoms with Gasteiger partial charge in [-0.05, 0) is 63.3 Å². The third-order valence-electron chi connectivity index (χ3n) is 5.67. The first-order chi connectivity index (χ1) is 15.4. The topological polar surface area (TPSA) is 68.1 Å². The maximum absolute atomic E-state index is 10.7. The Morgan fingerprint density at radius 2 is 1.62 bits per heavy atom. The summed E-state index contributed by atoms with van der Waals surface area (Å²) in [6, 6.07) is 11.5. The number of hydrogen-bond acceptors (Lipinski definition) is 5. The molecule has 2 aromatic carbocycles. The van der Waals surface area contributed by atoms with E-state index in [1.807, 2.05) is 19.1 Å². The number of allylic oxidation sites excluding steroid dienone is 4.